The van der Waals surface area contributed by atoms with Gasteiger partial charge in [0.15, 0.2) is 0 Å². The molecule has 84 valence electrons. The Labute approximate surface area is 79.8 Å². The average molecular weight is 231 g/mol. The summed E-state index contributed by atoms with van der Waals surface area (Å²) in [6, 6.07) is 0.283. The zero-order valence-electron chi connectivity index (χ0n) is 6.96. The van der Waals surface area contributed by atoms with Crippen molar-refractivity contribution in [1.29, 1.82) is 0 Å². The predicted octanol–water partition coefficient (Wildman–Crippen LogP) is 2.96. The van der Waals surface area contributed by atoms with Crippen molar-refractivity contribution in [2.75, 3.05) is 0 Å². The summed E-state index contributed by atoms with van der Waals surface area (Å²) in [6.07, 6.45) is -3.62. The Balaban J connectivity index is 3.42. The quantitative estimate of drug-likeness (QED) is 0.542. The van der Waals surface area contributed by atoms with Gasteiger partial charge in [-0.25, -0.2) is 17.6 Å². The molecule has 1 aromatic rings. The molecular weight excluding hydrogens is 228 g/mol. The van der Waals surface area contributed by atoms with Crippen LogP contribution in [0.2, 0.25) is 0 Å². The van der Waals surface area contributed by atoms with E-state index in [1.165, 1.54) is 0 Å². The zero-order valence-corrected chi connectivity index (χ0v) is 6.96. The molecule has 0 spiro atoms. The summed E-state index contributed by atoms with van der Waals surface area (Å²) in [5.41, 5.74) is -3.68. The van der Waals surface area contributed by atoms with Crippen LogP contribution in [0.1, 0.15) is 12.0 Å². The van der Waals surface area contributed by atoms with Crippen LogP contribution in [0.5, 0.6) is 0 Å². The van der Waals surface area contributed by atoms with Gasteiger partial charge in [-0.2, -0.15) is 0 Å². The molecule has 0 bridgehead atoms. The van der Waals surface area contributed by atoms with E-state index in [4.69, 9.17) is 0 Å². The smallest absolute Gasteiger partial charge is 0.445 e. The minimum absolute atomic E-state index is 0.108. The molecule has 0 heterocycles. The summed E-state index contributed by atoms with van der Waals surface area (Å²) < 4.78 is 85.7. The van der Waals surface area contributed by atoms with Gasteiger partial charge in [0.05, 0.1) is 5.56 Å². The highest BCUT2D eigenvalue weighted by molar-refractivity contribution is 6.73. The third-order valence-electron chi connectivity index (χ3n) is 1.73. The molecule has 0 atom stereocenters. The highest BCUT2D eigenvalue weighted by Gasteiger charge is 2.32. The molecule has 0 aromatic heterocycles. The third kappa shape index (κ3) is 2.24. The van der Waals surface area contributed by atoms with Crippen molar-refractivity contribution in [3.63, 3.8) is 0 Å². The molecular formula is C7H3BF7-. The van der Waals surface area contributed by atoms with Gasteiger partial charge >= 0.3 is 6.98 Å². The Morgan fingerprint density at radius 1 is 1.00 bits per heavy atom. The van der Waals surface area contributed by atoms with Gasteiger partial charge in [-0.15, -0.1) is 0 Å². The first-order valence-corrected chi connectivity index (χ1v) is 3.71. The van der Waals surface area contributed by atoms with Crippen molar-refractivity contribution >= 4 is 12.4 Å². The Morgan fingerprint density at radius 3 is 1.93 bits per heavy atom. The second-order valence-corrected chi connectivity index (χ2v) is 2.74. The molecule has 1 aromatic carbocycles. The van der Waals surface area contributed by atoms with Crippen molar-refractivity contribution in [1.82, 2.24) is 0 Å². The van der Waals surface area contributed by atoms with Gasteiger partial charge in [-0.1, -0.05) is 11.5 Å². The zero-order chi connectivity index (χ0) is 11.8. The fourth-order valence-corrected chi connectivity index (χ4v) is 1.04. The van der Waals surface area contributed by atoms with Crippen LogP contribution in [0.4, 0.5) is 30.5 Å². The molecule has 0 amide bonds. The Hall–Kier alpha value is -1.21. The van der Waals surface area contributed by atoms with Gasteiger partial charge in [0.2, 0.25) is 0 Å². The summed E-state index contributed by atoms with van der Waals surface area (Å²) in [5.74, 6) is -3.93. The van der Waals surface area contributed by atoms with E-state index < -0.39 is 36.1 Å². The van der Waals surface area contributed by atoms with E-state index in [2.05, 4.69) is 0 Å². The van der Waals surface area contributed by atoms with E-state index in [1.807, 2.05) is 0 Å². The Morgan fingerprint density at radius 2 is 1.53 bits per heavy atom. The highest BCUT2D eigenvalue weighted by atomic mass is 19.4. The Kier molecular flexibility index (Phi) is 2.96. The van der Waals surface area contributed by atoms with Crippen molar-refractivity contribution in [3.05, 3.63) is 29.3 Å². The van der Waals surface area contributed by atoms with E-state index in [9.17, 15) is 30.5 Å². The highest BCUT2D eigenvalue weighted by Crippen LogP contribution is 2.25. The summed E-state index contributed by atoms with van der Waals surface area (Å²) >= 11 is 0. The first kappa shape index (κ1) is 11.9. The molecule has 0 aliphatic heterocycles. The van der Waals surface area contributed by atoms with Crippen molar-refractivity contribution in [2.45, 2.75) is 6.43 Å². The first-order chi connectivity index (χ1) is 6.75. The molecule has 0 N–H and O–H groups in total. The summed E-state index contributed by atoms with van der Waals surface area (Å²) in [5, 5.41) is 0. The van der Waals surface area contributed by atoms with Crippen molar-refractivity contribution in [3.8, 4) is 0 Å². The van der Waals surface area contributed by atoms with Crippen LogP contribution in [0.15, 0.2) is 12.1 Å². The molecule has 0 nitrogen and oxygen atoms in total. The van der Waals surface area contributed by atoms with Gasteiger partial charge in [0.25, 0.3) is 6.43 Å². The minimum atomic E-state index is -5.77. The van der Waals surface area contributed by atoms with Crippen molar-refractivity contribution in [2.24, 2.45) is 0 Å². The summed E-state index contributed by atoms with van der Waals surface area (Å²) in [4.78, 5) is 0. The SMILES string of the molecule is Fc1ccc([B-](F)(F)F)c(F)c1C(F)F. The van der Waals surface area contributed by atoms with Crippen LogP contribution in [0, 0.1) is 11.6 Å². The first-order valence-electron chi connectivity index (χ1n) is 3.71. The number of hydrogen-bond acceptors (Lipinski definition) is 0. The predicted molar refractivity (Wildman–Crippen MR) is 40.0 cm³/mol. The number of alkyl halides is 2. The average Bonchev–Trinajstić information content (AvgIpc) is 2.00. The van der Waals surface area contributed by atoms with E-state index in [0.29, 0.717) is 0 Å². The molecule has 0 fully saturated rings. The van der Waals surface area contributed by atoms with Gasteiger partial charge in [0.1, 0.15) is 11.6 Å². The normalized spacial score (nSPS) is 12.3. The van der Waals surface area contributed by atoms with E-state index in [-0.39, 0.29) is 12.1 Å². The fraction of sp³-hybridized carbons (Fsp3) is 0.143. The van der Waals surface area contributed by atoms with Crippen molar-refractivity contribution < 1.29 is 30.5 Å². The van der Waals surface area contributed by atoms with Crippen LogP contribution >= 0.6 is 0 Å². The number of benzene rings is 1. The lowest BCUT2D eigenvalue weighted by atomic mass is 9.78. The number of rotatable bonds is 2. The molecule has 0 aliphatic carbocycles. The van der Waals surface area contributed by atoms with E-state index >= 15 is 0 Å². The lowest BCUT2D eigenvalue weighted by Gasteiger charge is -2.17. The maximum absolute atomic E-state index is 12.9. The molecule has 0 unspecified atom stereocenters. The lowest BCUT2D eigenvalue weighted by molar-refractivity contribution is 0.141. The monoisotopic (exact) mass is 231 g/mol. The molecule has 0 saturated carbocycles. The molecule has 0 aliphatic rings. The maximum atomic E-state index is 12.9. The van der Waals surface area contributed by atoms with E-state index in [0.717, 1.165) is 0 Å². The molecule has 0 radical (unpaired) electrons. The minimum Gasteiger partial charge on any atom is -0.445 e. The van der Waals surface area contributed by atoms with Crippen LogP contribution in [-0.4, -0.2) is 6.98 Å². The van der Waals surface area contributed by atoms with E-state index in [1.54, 1.807) is 0 Å². The largest absolute Gasteiger partial charge is 0.512 e. The maximum Gasteiger partial charge on any atom is 0.512 e. The lowest BCUT2D eigenvalue weighted by Crippen LogP contribution is -2.37. The van der Waals surface area contributed by atoms with Crippen LogP contribution in [0.3, 0.4) is 0 Å². The Bertz CT molecular complexity index is 370. The molecule has 1 rings (SSSR count). The van der Waals surface area contributed by atoms with Gasteiger partial charge in [-0.3, -0.25) is 0 Å². The second-order valence-electron chi connectivity index (χ2n) is 2.74. The molecule has 15 heavy (non-hydrogen) atoms. The summed E-state index contributed by atoms with van der Waals surface area (Å²) in [7, 11) is 0. The topological polar surface area (TPSA) is 0 Å². The fourth-order valence-electron chi connectivity index (χ4n) is 1.04. The van der Waals surface area contributed by atoms with Crippen LogP contribution in [0.25, 0.3) is 0 Å². The van der Waals surface area contributed by atoms with Gasteiger partial charge < -0.3 is 12.9 Å². The summed E-state index contributed by atoms with van der Waals surface area (Å²) in [6.45, 7) is -5.77. The van der Waals surface area contributed by atoms with Gasteiger partial charge in [0, 0.05) is 0 Å². The number of hydrogen-bond donors (Lipinski definition) is 0. The van der Waals surface area contributed by atoms with Crippen LogP contribution in [-0.2, 0) is 0 Å². The molecule has 0 saturated heterocycles. The van der Waals surface area contributed by atoms with Gasteiger partial charge in [-0.05, 0) is 6.07 Å². The second kappa shape index (κ2) is 3.75. The van der Waals surface area contributed by atoms with Crippen LogP contribution < -0.4 is 5.46 Å². The standard InChI is InChI=1S/C7H3BF7/c9-4-2-1-3(8(13,14)15)6(10)5(4)7(11)12/h1-2,7H/q-1. The molecule has 8 heteroatoms. The number of halogens is 7. The third-order valence-corrected chi connectivity index (χ3v) is 1.73.